The van der Waals surface area contributed by atoms with E-state index in [0.717, 1.165) is 23.3 Å². The third-order valence-electron chi connectivity index (χ3n) is 5.92. The number of methoxy groups -OCH3 is 1. The van der Waals surface area contributed by atoms with Gasteiger partial charge in [-0.25, -0.2) is 9.07 Å². The van der Waals surface area contributed by atoms with Crippen LogP contribution in [0.3, 0.4) is 0 Å². The van der Waals surface area contributed by atoms with Gasteiger partial charge in [-0.15, -0.1) is 5.10 Å². The summed E-state index contributed by atoms with van der Waals surface area (Å²) < 4.78 is 20.2. The topological polar surface area (TPSA) is 81.1 Å². The maximum absolute atomic E-state index is 13.1. The predicted octanol–water partition coefficient (Wildman–Crippen LogP) is 5.22. The number of nitrogens with zero attached hydrogens (tertiary/aromatic N) is 3. The minimum atomic E-state index is -0.377. The van der Waals surface area contributed by atoms with Crippen molar-refractivity contribution in [3.05, 3.63) is 107 Å². The number of anilines is 2. The highest BCUT2D eigenvalue weighted by Gasteiger charge is 2.31. The van der Waals surface area contributed by atoms with E-state index in [9.17, 15) is 9.18 Å². The van der Waals surface area contributed by atoms with Gasteiger partial charge in [0.15, 0.2) is 0 Å². The molecule has 0 spiro atoms. The first kappa shape index (κ1) is 22.3. The van der Waals surface area contributed by atoms with Gasteiger partial charge in [-0.05, 0) is 53.5 Å². The third kappa shape index (κ3) is 5.06. The van der Waals surface area contributed by atoms with Crippen molar-refractivity contribution in [1.82, 2.24) is 14.8 Å². The molecule has 7 nitrogen and oxygen atoms in total. The Hall–Kier alpha value is -4.46. The zero-order valence-electron chi connectivity index (χ0n) is 19.1. The van der Waals surface area contributed by atoms with Gasteiger partial charge in [0.2, 0.25) is 5.95 Å². The van der Waals surface area contributed by atoms with Gasteiger partial charge in [-0.1, -0.05) is 54.6 Å². The summed E-state index contributed by atoms with van der Waals surface area (Å²) in [5, 5.41) is 10.8. The van der Waals surface area contributed by atoms with Gasteiger partial charge in [-0.2, -0.15) is 4.98 Å². The molecule has 0 aliphatic carbocycles. The van der Waals surface area contributed by atoms with Crippen LogP contribution in [0.5, 0.6) is 5.75 Å². The van der Waals surface area contributed by atoms with Crippen molar-refractivity contribution < 1.29 is 13.9 Å². The van der Waals surface area contributed by atoms with Crippen LogP contribution >= 0.6 is 0 Å². The lowest BCUT2D eigenvalue weighted by Gasteiger charge is -2.31. The van der Waals surface area contributed by atoms with Crippen LogP contribution in [0.1, 0.15) is 35.2 Å². The van der Waals surface area contributed by atoms with Crippen molar-refractivity contribution in [3.8, 4) is 5.75 Å². The van der Waals surface area contributed by atoms with Crippen molar-refractivity contribution in [3.63, 3.8) is 0 Å². The minimum absolute atomic E-state index is 0.0296. The number of aromatic nitrogens is 3. The number of rotatable bonds is 6. The van der Waals surface area contributed by atoms with Gasteiger partial charge < -0.3 is 10.1 Å². The summed E-state index contributed by atoms with van der Waals surface area (Å²) in [4.78, 5) is 17.0. The first-order valence-electron chi connectivity index (χ1n) is 11.3. The molecule has 1 amide bonds. The molecular weight excluding hydrogens is 445 g/mol. The van der Waals surface area contributed by atoms with Crippen LogP contribution < -0.4 is 15.4 Å². The Morgan fingerprint density at radius 3 is 2.51 bits per heavy atom. The minimum Gasteiger partial charge on any atom is -0.497 e. The zero-order valence-corrected chi connectivity index (χ0v) is 19.1. The van der Waals surface area contributed by atoms with Crippen molar-refractivity contribution >= 4 is 23.9 Å². The molecule has 2 heterocycles. The second kappa shape index (κ2) is 9.80. The first-order chi connectivity index (χ1) is 17.1. The molecule has 2 N–H and O–H groups in total. The van der Waals surface area contributed by atoms with Crippen LogP contribution in [0.15, 0.2) is 84.9 Å². The van der Waals surface area contributed by atoms with Gasteiger partial charge in [0.1, 0.15) is 11.6 Å². The molecule has 0 unspecified atom stereocenters. The molecule has 0 fully saturated rings. The molecule has 0 saturated carbocycles. The number of carbonyl (C=O) groups is 1. The van der Waals surface area contributed by atoms with Crippen LogP contribution in [-0.4, -0.2) is 27.8 Å². The first-order valence-corrected chi connectivity index (χ1v) is 11.3. The highest BCUT2D eigenvalue weighted by Crippen LogP contribution is 2.38. The average Bonchev–Trinajstić information content (AvgIpc) is 3.30. The van der Waals surface area contributed by atoms with E-state index in [0.29, 0.717) is 11.5 Å². The normalized spacial score (nSPS) is 17.0. The van der Waals surface area contributed by atoms with E-state index >= 15 is 0 Å². The van der Waals surface area contributed by atoms with Gasteiger partial charge in [-0.3, -0.25) is 10.1 Å². The largest absolute Gasteiger partial charge is 0.497 e. The summed E-state index contributed by atoms with van der Waals surface area (Å²) in [5.74, 6) is 0.851. The monoisotopic (exact) mass is 469 g/mol. The predicted molar refractivity (Wildman–Crippen MR) is 133 cm³/mol. The fourth-order valence-corrected chi connectivity index (χ4v) is 4.14. The molecule has 3 aromatic carbocycles. The van der Waals surface area contributed by atoms with Crippen LogP contribution in [0.2, 0.25) is 0 Å². The second-order valence-electron chi connectivity index (χ2n) is 8.21. The highest BCUT2D eigenvalue weighted by atomic mass is 19.1. The Morgan fingerprint density at radius 2 is 1.80 bits per heavy atom. The van der Waals surface area contributed by atoms with E-state index in [4.69, 9.17) is 4.74 Å². The number of fused-ring (bicyclic) bond motifs is 1. The molecule has 176 valence electrons. The van der Waals surface area contributed by atoms with Crippen LogP contribution in [0, 0.1) is 5.82 Å². The summed E-state index contributed by atoms with van der Waals surface area (Å²) in [6, 6.07) is 23.9. The van der Waals surface area contributed by atoms with Crippen LogP contribution in [0.4, 0.5) is 16.3 Å². The van der Waals surface area contributed by atoms with Crippen LogP contribution in [0.25, 0.3) is 6.08 Å². The van der Waals surface area contributed by atoms with Crippen molar-refractivity contribution in [1.29, 1.82) is 0 Å². The van der Waals surface area contributed by atoms with Gasteiger partial charge >= 0.3 is 0 Å². The molecule has 1 aliphatic rings. The number of benzene rings is 3. The SMILES string of the molecule is COc1ccc([C@@H]2C[C@@H](c3ccccc3)Nc3nc(NC(=O)/C=C/c4ccc(F)cc4)nn32)cc1. The molecule has 5 rings (SSSR count). The number of halogens is 1. The summed E-state index contributed by atoms with van der Waals surface area (Å²) in [5.41, 5.74) is 2.92. The lowest BCUT2D eigenvalue weighted by atomic mass is 9.93. The van der Waals surface area contributed by atoms with Gasteiger partial charge in [0, 0.05) is 6.08 Å². The summed E-state index contributed by atoms with van der Waals surface area (Å²) in [6.07, 6.45) is 3.73. The Kier molecular flexibility index (Phi) is 6.26. The van der Waals surface area contributed by atoms with E-state index < -0.39 is 0 Å². The molecule has 35 heavy (non-hydrogen) atoms. The molecule has 2 atom stereocenters. The van der Waals surface area contributed by atoms with Crippen molar-refractivity contribution in [2.24, 2.45) is 0 Å². The second-order valence-corrected chi connectivity index (χ2v) is 8.21. The summed E-state index contributed by atoms with van der Waals surface area (Å²) >= 11 is 0. The molecular formula is C27H24FN5O2. The quantitative estimate of drug-likeness (QED) is 0.378. The van der Waals surface area contributed by atoms with Gasteiger partial charge in [0.05, 0.1) is 19.2 Å². The van der Waals surface area contributed by atoms with E-state index in [2.05, 4.69) is 32.8 Å². The lowest BCUT2D eigenvalue weighted by Crippen LogP contribution is -2.28. The van der Waals surface area contributed by atoms with Gasteiger partial charge in [0.25, 0.3) is 11.9 Å². The zero-order chi connectivity index (χ0) is 24.2. The maximum Gasteiger partial charge on any atom is 0.250 e. The highest BCUT2D eigenvalue weighted by molar-refractivity contribution is 6.00. The summed E-state index contributed by atoms with van der Waals surface area (Å²) in [6.45, 7) is 0. The Balaban J connectivity index is 1.40. The molecule has 1 aromatic heterocycles. The smallest absolute Gasteiger partial charge is 0.250 e. The average molecular weight is 470 g/mol. The van der Waals surface area contributed by atoms with E-state index in [1.165, 1.54) is 18.2 Å². The fourth-order valence-electron chi connectivity index (χ4n) is 4.14. The number of amides is 1. The fraction of sp³-hybridized carbons (Fsp3) is 0.148. The molecule has 0 saturated heterocycles. The number of hydrogen-bond donors (Lipinski definition) is 2. The number of nitrogens with one attached hydrogen (secondary N) is 2. The molecule has 4 aromatic rings. The standard InChI is InChI=1S/C27H24FN5O2/c1-35-22-14-10-20(11-15-22)24-17-23(19-5-3-2-4-6-19)29-27-31-26(32-33(24)27)30-25(34)16-9-18-7-12-21(28)13-8-18/h2-16,23-24H,17H2,1H3,(H2,29,30,31,32,34)/b16-9+/t23-,24-/m0/s1. The van der Waals surface area contributed by atoms with Crippen molar-refractivity contribution in [2.75, 3.05) is 17.7 Å². The molecule has 1 aliphatic heterocycles. The third-order valence-corrected chi connectivity index (χ3v) is 5.92. The molecule has 8 heteroatoms. The van der Waals surface area contributed by atoms with Crippen LogP contribution in [-0.2, 0) is 4.79 Å². The van der Waals surface area contributed by atoms with E-state index in [1.807, 2.05) is 42.5 Å². The van der Waals surface area contributed by atoms with Crippen molar-refractivity contribution in [2.45, 2.75) is 18.5 Å². The van der Waals surface area contributed by atoms with E-state index in [-0.39, 0.29) is 29.8 Å². The Bertz CT molecular complexity index is 1330. The molecule has 0 bridgehead atoms. The lowest BCUT2D eigenvalue weighted by molar-refractivity contribution is -0.111. The number of hydrogen-bond acceptors (Lipinski definition) is 5. The Labute approximate surface area is 202 Å². The Morgan fingerprint density at radius 1 is 1.06 bits per heavy atom. The number of carbonyl (C=O) groups excluding carboxylic acids is 1. The maximum atomic E-state index is 13.1. The molecule has 0 radical (unpaired) electrons. The number of ether oxygens (including phenoxy) is 1. The summed E-state index contributed by atoms with van der Waals surface area (Å²) in [7, 11) is 1.64. The van der Waals surface area contributed by atoms with E-state index in [1.54, 1.807) is 30.0 Å².